The molecule has 2 nitrogen and oxygen atoms in total. The van der Waals surface area contributed by atoms with Crippen molar-refractivity contribution in [3.05, 3.63) is 35.9 Å². The summed E-state index contributed by atoms with van der Waals surface area (Å²) in [5.74, 6) is 0.840. The predicted molar refractivity (Wildman–Crippen MR) is 66.7 cm³/mol. The Bertz CT molecular complexity index is 402. The second-order valence-corrected chi connectivity index (χ2v) is 5.13. The van der Waals surface area contributed by atoms with E-state index in [1.807, 2.05) is 37.3 Å². The van der Waals surface area contributed by atoms with E-state index in [0.717, 1.165) is 17.7 Å². The molecule has 0 radical (unpaired) electrons. The molecule has 0 fully saturated rings. The summed E-state index contributed by atoms with van der Waals surface area (Å²) >= 11 is 1.60. The van der Waals surface area contributed by atoms with E-state index in [2.05, 4.69) is 12.1 Å². The molecule has 0 N–H and O–H groups in total. The van der Waals surface area contributed by atoms with Crippen LogP contribution >= 0.6 is 11.8 Å². The molecule has 0 amide bonds. The lowest BCUT2D eigenvalue weighted by atomic mass is 10.0. The van der Waals surface area contributed by atoms with Gasteiger partial charge in [-0.05, 0) is 24.7 Å². The lowest BCUT2D eigenvalue weighted by Crippen LogP contribution is -2.15. The maximum absolute atomic E-state index is 9.26. The van der Waals surface area contributed by atoms with Crippen molar-refractivity contribution in [1.29, 1.82) is 10.5 Å². The van der Waals surface area contributed by atoms with Crippen molar-refractivity contribution >= 4 is 11.8 Å². The first kappa shape index (κ1) is 12.6. The van der Waals surface area contributed by atoms with Gasteiger partial charge in [0.15, 0.2) is 0 Å². The number of benzene rings is 1. The van der Waals surface area contributed by atoms with E-state index in [-0.39, 0.29) is 0 Å². The van der Waals surface area contributed by atoms with Gasteiger partial charge in [-0.3, -0.25) is 0 Å². The van der Waals surface area contributed by atoms with Gasteiger partial charge < -0.3 is 0 Å². The fraction of sp³-hybridized carbons (Fsp3) is 0.385. The third kappa shape index (κ3) is 3.29. The van der Waals surface area contributed by atoms with E-state index in [4.69, 9.17) is 5.26 Å². The van der Waals surface area contributed by atoms with Gasteiger partial charge in [-0.25, -0.2) is 0 Å². The highest BCUT2D eigenvalue weighted by atomic mass is 32.2. The first-order chi connectivity index (χ1) is 7.73. The number of thioether (sulfide) groups is 1. The number of unbranched alkanes of at least 4 members (excludes halogenated alkanes) is 1. The van der Waals surface area contributed by atoms with E-state index >= 15 is 0 Å². The minimum atomic E-state index is -0.503. The minimum absolute atomic E-state index is 0.503. The Hall–Kier alpha value is -1.45. The molecule has 16 heavy (non-hydrogen) atoms. The third-order valence-corrected chi connectivity index (χ3v) is 3.76. The van der Waals surface area contributed by atoms with Crippen LogP contribution in [0.3, 0.4) is 0 Å². The van der Waals surface area contributed by atoms with Crippen molar-refractivity contribution < 1.29 is 0 Å². The molecule has 1 atom stereocenters. The van der Waals surface area contributed by atoms with Gasteiger partial charge in [0.05, 0.1) is 12.1 Å². The Morgan fingerprint density at radius 2 is 1.94 bits per heavy atom. The second kappa shape index (κ2) is 6.20. The highest BCUT2D eigenvalue weighted by Crippen LogP contribution is 2.35. The smallest absolute Gasteiger partial charge is 0.125 e. The fourth-order valence-electron chi connectivity index (χ4n) is 1.36. The summed E-state index contributed by atoms with van der Waals surface area (Å²) in [5, 5.41) is 17.7. The minimum Gasteiger partial charge on any atom is -0.198 e. The Morgan fingerprint density at radius 3 is 2.50 bits per heavy atom. The highest BCUT2D eigenvalue weighted by Gasteiger charge is 2.26. The van der Waals surface area contributed by atoms with Crippen LogP contribution in [0.2, 0.25) is 0 Å². The van der Waals surface area contributed by atoms with E-state index < -0.39 is 4.75 Å². The van der Waals surface area contributed by atoms with Gasteiger partial charge in [0.1, 0.15) is 4.75 Å². The molecule has 0 saturated heterocycles. The van der Waals surface area contributed by atoms with Crippen molar-refractivity contribution in [2.75, 3.05) is 5.75 Å². The summed E-state index contributed by atoms with van der Waals surface area (Å²) in [5.41, 5.74) is 1.03. The topological polar surface area (TPSA) is 47.6 Å². The van der Waals surface area contributed by atoms with Gasteiger partial charge in [0, 0.05) is 6.42 Å². The number of hydrogen-bond acceptors (Lipinski definition) is 3. The Morgan fingerprint density at radius 1 is 1.25 bits per heavy atom. The average molecular weight is 230 g/mol. The van der Waals surface area contributed by atoms with Crippen LogP contribution in [0, 0.1) is 22.7 Å². The average Bonchev–Trinajstić information content (AvgIpc) is 2.35. The molecule has 82 valence electrons. The Kier molecular flexibility index (Phi) is 4.89. The summed E-state index contributed by atoms with van der Waals surface area (Å²) < 4.78 is -0.503. The summed E-state index contributed by atoms with van der Waals surface area (Å²) in [7, 11) is 0. The lowest BCUT2D eigenvalue weighted by molar-refractivity contribution is 0.883. The van der Waals surface area contributed by atoms with Crippen LogP contribution in [-0.4, -0.2) is 5.75 Å². The zero-order chi connectivity index (χ0) is 11.9. The molecule has 3 heteroatoms. The summed E-state index contributed by atoms with van der Waals surface area (Å²) in [6.45, 7) is 1.93. The van der Waals surface area contributed by atoms with Crippen molar-refractivity contribution in [3.8, 4) is 12.1 Å². The van der Waals surface area contributed by atoms with Crippen molar-refractivity contribution in [2.24, 2.45) is 0 Å². The Balaban J connectivity index is 2.65. The highest BCUT2D eigenvalue weighted by molar-refractivity contribution is 8.00. The molecular weight excluding hydrogens is 216 g/mol. The van der Waals surface area contributed by atoms with Crippen LogP contribution in [0.15, 0.2) is 30.3 Å². The summed E-state index contributed by atoms with van der Waals surface area (Å²) in [4.78, 5) is 0. The van der Waals surface area contributed by atoms with Crippen LogP contribution in [0.4, 0.5) is 0 Å². The van der Waals surface area contributed by atoms with Crippen molar-refractivity contribution in [2.45, 2.75) is 24.5 Å². The molecule has 0 saturated carbocycles. The molecule has 0 aliphatic rings. The van der Waals surface area contributed by atoms with Gasteiger partial charge in [-0.2, -0.15) is 10.5 Å². The molecule has 1 aromatic carbocycles. The van der Waals surface area contributed by atoms with E-state index in [0.29, 0.717) is 6.42 Å². The monoisotopic (exact) mass is 230 g/mol. The number of rotatable bonds is 5. The fourth-order valence-corrected chi connectivity index (χ4v) is 2.43. The molecule has 1 unspecified atom stereocenters. The molecule has 0 aliphatic carbocycles. The molecule has 0 aliphatic heterocycles. The van der Waals surface area contributed by atoms with Gasteiger partial charge >= 0.3 is 0 Å². The van der Waals surface area contributed by atoms with Crippen molar-refractivity contribution in [3.63, 3.8) is 0 Å². The van der Waals surface area contributed by atoms with Gasteiger partial charge in [-0.1, -0.05) is 30.3 Å². The molecule has 0 bridgehead atoms. The van der Waals surface area contributed by atoms with E-state index in [9.17, 15) is 5.26 Å². The number of nitriles is 2. The first-order valence-corrected chi connectivity index (χ1v) is 6.19. The summed E-state index contributed by atoms with van der Waals surface area (Å²) in [6.07, 6.45) is 1.40. The zero-order valence-corrected chi connectivity index (χ0v) is 10.1. The normalized spacial score (nSPS) is 13.4. The summed E-state index contributed by atoms with van der Waals surface area (Å²) in [6, 6.07) is 14.2. The van der Waals surface area contributed by atoms with E-state index in [1.54, 1.807) is 11.8 Å². The van der Waals surface area contributed by atoms with Crippen LogP contribution in [0.5, 0.6) is 0 Å². The maximum atomic E-state index is 9.26. The quantitative estimate of drug-likeness (QED) is 0.728. The van der Waals surface area contributed by atoms with Crippen molar-refractivity contribution in [1.82, 2.24) is 0 Å². The van der Waals surface area contributed by atoms with Crippen LogP contribution in [0.25, 0.3) is 0 Å². The largest absolute Gasteiger partial charge is 0.198 e. The standard InChI is InChI=1S/C13H14N2S/c1-13(11-15,16-10-6-5-9-14)12-7-3-2-4-8-12/h2-4,7-8H,5-6,10H2,1H3. The lowest BCUT2D eigenvalue weighted by Gasteiger charge is -2.21. The molecule has 0 aromatic heterocycles. The van der Waals surface area contributed by atoms with Crippen LogP contribution in [0.1, 0.15) is 25.3 Å². The molecular formula is C13H14N2S. The second-order valence-electron chi connectivity index (χ2n) is 3.62. The first-order valence-electron chi connectivity index (χ1n) is 5.20. The molecule has 0 heterocycles. The molecule has 0 spiro atoms. The number of nitrogens with zero attached hydrogens (tertiary/aromatic N) is 2. The van der Waals surface area contributed by atoms with Gasteiger partial charge in [0.2, 0.25) is 0 Å². The molecule has 1 aromatic rings. The van der Waals surface area contributed by atoms with Gasteiger partial charge in [0.25, 0.3) is 0 Å². The number of hydrogen-bond donors (Lipinski definition) is 0. The third-order valence-electron chi connectivity index (χ3n) is 2.36. The van der Waals surface area contributed by atoms with Gasteiger partial charge in [-0.15, -0.1) is 11.8 Å². The zero-order valence-electron chi connectivity index (χ0n) is 9.31. The Labute approximate surface area is 101 Å². The molecule has 1 rings (SSSR count). The van der Waals surface area contributed by atoms with Crippen LogP contribution < -0.4 is 0 Å². The predicted octanol–water partition coefficient (Wildman–Crippen LogP) is 3.46. The maximum Gasteiger partial charge on any atom is 0.125 e. The van der Waals surface area contributed by atoms with E-state index in [1.165, 1.54) is 0 Å². The SMILES string of the molecule is CC(C#N)(SCCCC#N)c1ccccc1. The van der Waals surface area contributed by atoms with Crippen LogP contribution in [-0.2, 0) is 4.75 Å².